The molecule has 0 heterocycles. The molecular weight excluding hydrogens is 248 g/mol. The van der Waals surface area contributed by atoms with Crippen molar-refractivity contribution in [3.63, 3.8) is 0 Å². The van der Waals surface area contributed by atoms with E-state index in [1.165, 1.54) is 7.11 Å². The molecule has 98 valence electrons. The number of benzene rings is 1. The summed E-state index contributed by atoms with van der Waals surface area (Å²) in [6.45, 7) is -0.103. The minimum absolute atomic E-state index is 0.0221. The van der Waals surface area contributed by atoms with Crippen molar-refractivity contribution in [1.82, 2.24) is 5.32 Å². The summed E-state index contributed by atoms with van der Waals surface area (Å²) in [6.07, 6.45) is -0.0221. The Kier molecular flexibility index (Phi) is 4.59. The molecule has 0 aliphatic heterocycles. The highest BCUT2D eigenvalue weighted by molar-refractivity contribution is 6.31. The standard InChI is InChI=1S/C11H11F2NO4/c1-18-9-5-7(12)6(4-8(9)13)2-3-14-10(15)11(16)17/h4-5H,2-3H2,1H3,(H,14,15)(H,16,17). The van der Waals surface area contributed by atoms with Gasteiger partial charge < -0.3 is 15.2 Å². The molecule has 5 nitrogen and oxygen atoms in total. The summed E-state index contributed by atoms with van der Waals surface area (Å²) >= 11 is 0. The minimum atomic E-state index is -1.63. The first-order valence-electron chi connectivity index (χ1n) is 4.98. The van der Waals surface area contributed by atoms with Gasteiger partial charge in [-0.05, 0) is 18.1 Å². The van der Waals surface area contributed by atoms with E-state index >= 15 is 0 Å². The molecular formula is C11H11F2NO4. The first kappa shape index (κ1) is 13.9. The van der Waals surface area contributed by atoms with Gasteiger partial charge in [-0.3, -0.25) is 4.79 Å². The van der Waals surface area contributed by atoms with Crippen molar-refractivity contribution >= 4 is 11.9 Å². The highest BCUT2D eigenvalue weighted by Crippen LogP contribution is 2.21. The largest absolute Gasteiger partial charge is 0.494 e. The van der Waals surface area contributed by atoms with E-state index in [0.29, 0.717) is 0 Å². The van der Waals surface area contributed by atoms with E-state index in [9.17, 15) is 18.4 Å². The van der Waals surface area contributed by atoms with Gasteiger partial charge in [-0.1, -0.05) is 0 Å². The summed E-state index contributed by atoms with van der Waals surface area (Å²) in [6, 6.07) is 1.84. The summed E-state index contributed by atoms with van der Waals surface area (Å²) in [7, 11) is 1.21. The molecule has 0 saturated carbocycles. The van der Waals surface area contributed by atoms with Crippen molar-refractivity contribution in [3.8, 4) is 5.75 Å². The summed E-state index contributed by atoms with van der Waals surface area (Å²) in [5.41, 5.74) is 0.0268. The van der Waals surface area contributed by atoms with Gasteiger partial charge >= 0.3 is 11.9 Å². The minimum Gasteiger partial charge on any atom is -0.494 e. The van der Waals surface area contributed by atoms with E-state index in [0.717, 1.165) is 12.1 Å². The second-order valence-electron chi connectivity index (χ2n) is 3.39. The SMILES string of the molecule is COc1cc(F)c(CCNC(=O)C(=O)O)cc1F. The van der Waals surface area contributed by atoms with E-state index in [-0.39, 0.29) is 24.3 Å². The monoisotopic (exact) mass is 259 g/mol. The highest BCUT2D eigenvalue weighted by Gasteiger charge is 2.12. The Hall–Kier alpha value is -2.18. The molecule has 18 heavy (non-hydrogen) atoms. The third-order valence-corrected chi connectivity index (χ3v) is 2.19. The lowest BCUT2D eigenvalue weighted by Gasteiger charge is -2.07. The van der Waals surface area contributed by atoms with Gasteiger partial charge in [0.05, 0.1) is 7.11 Å². The van der Waals surface area contributed by atoms with Crippen LogP contribution in [-0.4, -0.2) is 30.6 Å². The maximum atomic E-state index is 13.4. The number of carboxylic acids is 1. The van der Waals surface area contributed by atoms with Gasteiger partial charge in [0, 0.05) is 12.6 Å². The van der Waals surface area contributed by atoms with E-state index in [1.54, 1.807) is 0 Å². The van der Waals surface area contributed by atoms with E-state index in [4.69, 9.17) is 5.11 Å². The number of hydrogen-bond donors (Lipinski definition) is 2. The van der Waals surface area contributed by atoms with Crippen molar-refractivity contribution in [1.29, 1.82) is 0 Å². The van der Waals surface area contributed by atoms with Crippen LogP contribution in [0.5, 0.6) is 5.75 Å². The number of nitrogens with one attached hydrogen (secondary N) is 1. The number of carbonyl (C=O) groups excluding carboxylic acids is 1. The van der Waals surface area contributed by atoms with Crippen LogP contribution in [0.3, 0.4) is 0 Å². The van der Waals surface area contributed by atoms with Crippen molar-refractivity contribution in [3.05, 3.63) is 29.3 Å². The number of methoxy groups -OCH3 is 1. The molecule has 0 aliphatic rings. The molecule has 0 aliphatic carbocycles. The highest BCUT2D eigenvalue weighted by atomic mass is 19.1. The van der Waals surface area contributed by atoms with Crippen LogP contribution in [0.1, 0.15) is 5.56 Å². The Balaban J connectivity index is 2.66. The van der Waals surface area contributed by atoms with Crippen molar-refractivity contribution < 1.29 is 28.2 Å². The quantitative estimate of drug-likeness (QED) is 0.781. The Labute approximate surface area is 101 Å². The fraction of sp³-hybridized carbons (Fsp3) is 0.273. The van der Waals surface area contributed by atoms with Gasteiger partial charge in [-0.15, -0.1) is 0 Å². The first-order chi connectivity index (χ1) is 8.45. The lowest BCUT2D eigenvalue weighted by Crippen LogP contribution is -2.32. The lowest BCUT2D eigenvalue weighted by molar-refractivity contribution is -0.150. The molecule has 0 atom stereocenters. The van der Waals surface area contributed by atoms with E-state index < -0.39 is 23.5 Å². The van der Waals surface area contributed by atoms with Gasteiger partial charge in [0.15, 0.2) is 11.6 Å². The number of hydrogen-bond acceptors (Lipinski definition) is 3. The molecule has 0 fully saturated rings. The van der Waals surface area contributed by atoms with Gasteiger partial charge in [-0.2, -0.15) is 0 Å². The molecule has 0 saturated heterocycles. The first-order valence-corrected chi connectivity index (χ1v) is 4.98. The number of rotatable bonds is 4. The van der Waals surface area contributed by atoms with Crippen LogP contribution in [0, 0.1) is 11.6 Å². The zero-order chi connectivity index (χ0) is 13.7. The lowest BCUT2D eigenvalue weighted by atomic mass is 10.1. The van der Waals surface area contributed by atoms with Crippen molar-refractivity contribution in [2.24, 2.45) is 0 Å². The second-order valence-corrected chi connectivity index (χ2v) is 3.39. The molecule has 1 rings (SSSR count). The number of carbonyl (C=O) groups is 2. The third kappa shape index (κ3) is 3.41. The van der Waals surface area contributed by atoms with Gasteiger partial charge in [-0.25, -0.2) is 13.6 Å². The fourth-order valence-corrected chi connectivity index (χ4v) is 1.30. The Morgan fingerprint density at radius 3 is 2.56 bits per heavy atom. The topological polar surface area (TPSA) is 75.6 Å². The molecule has 0 aromatic heterocycles. The normalized spacial score (nSPS) is 9.94. The van der Waals surface area contributed by atoms with Crippen LogP contribution in [0.25, 0.3) is 0 Å². The van der Waals surface area contributed by atoms with Crippen LogP contribution < -0.4 is 10.1 Å². The Bertz CT molecular complexity index is 476. The molecule has 1 aromatic carbocycles. The van der Waals surface area contributed by atoms with Gasteiger partial charge in [0.25, 0.3) is 0 Å². The molecule has 0 radical (unpaired) electrons. The van der Waals surface area contributed by atoms with Gasteiger partial charge in [0.1, 0.15) is 5.82 Å². The number of carboxylic acid groups (broad SMARTS) is 1. The summed E-state index contributed by atoms with van der Waals surface area (Å²) in [4.78, 5) is 20.9. The van der Waals surface area contributed by atoms with E-state index in [1.807, 2.05) is 5.32 Å². The van der Waals surface area contributed by atoms with Crippen LogP contribution in [-0.2, 0) is 16.0 Å². The number of ether oxygens (including phenoxy) is 1. The number of amides is 1. The zero-order valence-corrected chi connectivity index (χ0v) is 9.50. The van der Waals surface area contributed by atoms with Gasteiger partial charge in [0.2, 0.25) is 0 Å². The van der Waals surface area contributed by atoms with Crippen LogP contribution in [0.2, 0.25) is 0 Å². The second kappa shape index (κ2) is 5.95. The van der Waals surface area contributed by atoms with Crippen LogP contribution >= 0.6 is 0 Å². The van der Waals surface area contributed by atoms with Crippen molar-refractivity contribution in [2.75, 3.05) is 13.7 Å². The average molecular weight is 259 g/mol. The van der Waals surface area contributed by atoms with Crippen molar-refractivity contribution in [2.45, 2.75) is 6.42 Å². The fourth-order valence-electron chi connectivity index (χ4n) is 1.30. The number of halogens is 2. The summed E-state index contributed by atoms with van der Waals surface area (Å²) in [5, 5.41) is 10.3. The Morgan fingerprint density at radius 2 is 2.00 bits per heavy atom. The molecule has 7 heteroatoms. The summed E-state index contributed by atoms with van der Waals surface area (Å²) in [5.74, 6) is -4.44. The predicted molar refractivity (Wildman–Crippen MR) is 57.3 cm³/mol. The molecule has 1 amide bonds. The smallest absolute Gasteiger partial charge is 0.394 e. The zero-order valence-electron chi connectivity index (χ0n) is 9.50. The molecule has 2 N–H and O–H groups in total. The number of aliphatic carboxylic acids is 1. The average Bonchev–Trinajstić information content (AvgIpc) is 2.32. The molecule has 1 aromatic rings. The molecule has 0 bridgehead atoms. The maximum absolute atomic E-state index is 13.4. The summed E-state index contributed by atoms with van der Waals surface area (Å²) < 4.78 is 31.3. The molecule has 0 unspecified atom stereocenters. The Morgan fingerprint density at radius 1 is 1.33 bits per heavy atom. The molecule has 0 spiro atoms. The van der Waals surface area contributed by atoms with Crippen LogP contribution in [0.4, 0.5) is 8.78 Å². The maximum Gasteiger partial charge on any atom is 0.394 e. The van der Waals surface area contributed by atoms with Crippen LogP contribution in [0.15, 0.2) is 12.1 Å². The third-order valence-electron chi connectivity index (χ3n) is 2.19. The predicted octanol–water partition coefficient (Wildman–Crippen LogP) is 0.717. The van der Waals surface area contributed by atoms with E-state index in [2.05, 4.69) is 4.74 Å².